The summed E-state index contributed by atoms with van der Waals surface area (Å²) >= 11 is 0. The molecule has 15 nitrogen and oxygen atoms in total. The van der Waals surface area contributed by atoms with Gasteiger partial charge in [0, 0.05) is 25.2 Å². The van der Waals surface area contributed by atoms with Gasteiger partial charge in [-0.15, -0.1) is 0 Å². The maximum atomic E-state index is 13.4. The second-order valence-electron chi connectivity index (χ2n) is 11.6. The number of ether oxygens (including phenoxy) is 3. The standard InChI is InChI=1S/C29H32N4O11S2.2Na/c1-14-5-21-26(45(36,37)38)30-19-9-23(16(3)7-17(19)28(34)32(21)11-14)43-13-44-25-10-20-18(8-24(25)42-4)29(35)33-12-15(2)6-22(33)27(31-20)46(39,40)41;;/h7-10,21-22,26-27,30-31H,1-2,5-6,11-13H2,3-4H3,(H,36,37,38)(H,39,40,41);;/q;2*+1/p-2/t21-,22-,26?,27?;;/m0../s1. The van der Waals surface area contributed by atoms with Crippen LogP contribution in [0.25, 0.3) is 0 Å². The molecular weight excluding hydrogens is 690 g/mol. The van der Waals surface area contributed by atoms with Crippen molar-refractivity contribution in [2.75, 3.05) is 37.6 Å². The van der Waals surface area contributed by atoms with E-state index in [4.69, 9.17) is 14.2 Å². The molecule has 48 heavy (non-hydrogen) atoms. The van der Waals surface area contributed by atoms with Crippen molar-refractivity contribution in [3.63, 3.8) is 0 Å². The Labute approximate surface area is 322 Å². The third kappa shape index (κ3) is 7.12. The average Bonchev–Trinajstić information content (AvgIpc) is 3.49. The van der Waals surface area contributed by atoms with Gasteiger partial charge in [0.25, 0.3) is 11.8 Å². The number of methoxy groups -OCH3 is 1. The number of fused-ring (bicyclic) bond motifs is 4. The van der Waals surface area contributed by atoms with E-state index in [2.05, 4.69) is 23.8 Å². The Kier molecular flexibility index (Phi) is 11.3. The normalized spacial score (nSPS) is 23.2. The Morgan fingerprint density at radius 1 is 0.771 bits per heavy atom. The number of hydrogen-bond acceptors (Lipinski definition) is 13. The number of benzene rings is 2. The molecule has 6 rings (SSSR count). The van der Waals surface area contributed by atoms with Gasteiger partial charge in [0.1, 0.15) is 36.7 Å². The molecule has 246 valence electrons. The second kappa shape index (κ2) is 14.1. The molecule has 2 saturated heterocycles. The van der Waals surface area contributed by atoms with E-state index in [1.165, 1.54) is 41.2 Å². The largest absolute Gasteiger partial charge is 1.00 e. The number of carbonyl (C=O) groups is 2. The molecule has 2 fully saturated rings. The molecule has 0 saturated carbocycles. The van der Waals surface area contributed by atoms with E-state index in [1.807, 2.05) is 0 Å². The van der Waals surface area contributed by atoms with Crippen LogP contribution in [-0.4, -0.2) is 97.4 Å². The van der Waals surface area contributed by atoms with Crippen molar-refractivity contribution in [3.8, 4) is 17.2 Å². The smallest absolute Gasteiger partial charge is 0.746 e. The molecule has 4 aliphatic heterocycles. The molecule has 0 spiro atoms. The molecule has 2 aromatic carbocycles. The fourth-order valence-corrected chi connectivity index (χ4v) is 8.20. The monoisotopic (exact) mass is 720 g/mol. The Morgan fingerprint density at radius 2 is 1.21 bits per heavy atom. The van der Waals surface area contributed by atoms with Gasteiger partial charge < -0.3 is 43.7 Å². The van der Waals surface area contributed by atoms with Gasteiger partial charge in [-0.25, -0.2) is 16.8 Å². The van der Waals surface area contributed by atoms with Crippen LogP contribution in [0.5, 0.6) is 17.2 Å². The van der Waals surface area contributed by atoms with Crippen LogP contribution < -0.4 is 84.0 Å². The van der Waals surface area contributed by atoms with Crippen molar-refractivity contribution in [2.24, 2.45) is 0 Å². The summed E-state index contributed by atoms with van der Waals surface area (Å²) < 4.78 is 90.3. The molecule has 0 radical (unpaired) electrons. The van der Waals surface area contributed by atoms with E-state index < -0.39 is 61.7 Å². The SMILES string of the molecule is C=C1C[C@H]2C(S(=O)(=O)[O-])Nc3cc(OCOc4cc5c(cc4OC)C(=O)N4CC(=C)C[C@H]4C(S(=O)(=O)[O-])N5)c(C)cc3C(=O)N2C1.[Na+].[Na+]. The maximum Gasteiger partial charge on any atom is 1.00 e. The summed E-state index contributed by atoms with van der Waals surface area (Å²) in [4.78, 5) is 29.4. The molecule has 2 amide bonds. The first kappa shape index (κ1) is 38.5. The number of nitrogens with zero attached hydrogens (tertiary/aromatic N) is 2. The molecule has 2 unspecified atom stereocenters. The number of rotatable bonds is 7. The summed E-state index contributed by atoms with van der Waals surface area (Å²) in [5.41, 5.74) is 2.12. The molecule has 2 aromatic rings. The quantitative estimate of drug-likeness (QED) is 0.120. The Hall–Kier alpha value is -2.32. The van der Waals surface area contributed by atoms with Crippen LogP contribution in [0.15, 0.2) is 48.6 Å². The third-order valence-corrected chi connectivity index (χ3v) is 10.6. The van der Waals surface area contributed by atoms with Gasteiger partial charge in [0.15, 0.2) is 11.5 Å². The number of anilines is 2. The van der Waals surface area contributed by atoms with Crippen molar-refractivity contribution >= 4 is 43.4 Å². The van der Waals surface area contributed by atoms with E-state index in [0.717, 1.165) is 0 Å². The maximum absolute atomic E-state index is 13.4. The molecule has 4 heterocycles. The summed E-state index contributed by atoms with van der Waals surface area (Å²) in [5.74, 6) is -0.596. The van der Waals surface area contributed by atoms with Crippen molar-refractivity contribution in [2.45, 2.75) is 42.6 Å². The van der Waals surface area contributed by atoms with Gasteiger partial charge in [-0.05, 0) is 37.5 Å². The van der Waals surface area contributed by atoms with Crippen molar-refractivity contribution in [1.29, 1.82) is 0 Å². The molecule has 0 aromatic heterocycles. The van der Waals surface area contributed by atoms with E-state index >= 15 is 0 Å². The summed E-state index contributed by atoms with van der Waals surface area (Å²) in [5, 5.41) is 2.18. The van der Waals surface area contributed by atoms with E-state index in [0.29, 0.717) is 16.7 Å². The minimum Gasteiger partial charge on any atom is -0.746 e. The van der Waals surface area contributed by atoms with Gasteiger partial charge in [-0.2, -0.15) is 0 Å². The summed E-state index contributed by atoms with van der Waals surface area (Å²) in [6, 6.07) is 3.75. The van der Waals surface area contributed by atoms with Crippen LogP contribution >= 0.6 is 0 Å². The first-order valence-corrected chi connectivity index (χ1v) is 17.0. The summed E-state index contributed by atoms with van der Waals surface area (Å²) in [6.45, 7) is 9.14. The second-order valence-corrected chi connectivity index (χ2v) is 14.6. The van der Waals surface area contributed by atoms with Crippen molar-refractivity contribution in [3.05, 3.63) is 65.3 Å². The van der Waals surface area contributed by atoms with Crippen LogP contribution in [0.1, 0.15) is 39.1 Å². The molecule has 4 atom stereocenters. The Bertz CT molecular complexity index is 1920. The topological polar surface area (TPSA) is 207 Å². The van der Waals surface area contributed by atoms with Crippen LogP contribution in [-0.2, 0) is 20.2 Å². The van der Waals surface area contributed by atoms with Gasteiger partial charge >= 0.3 is 59.1 Å². The van der Waals surface area contributed by atoms with Crippen molar-refractivity contribution in [1.82, 2.24) is 9.80 Å². The molecule has 2 N–H and O–H groups in total. The number of amides is 2. The first-order chi connectivity index (χ1) is 21.6. The van der Waals surface area contributed by atoms with Gasteiger partial charge in [-0.1, -0.05) is 24.3 Å². The zero-order valence-electron chi connectivity index (χ0n) is 26.8. The number of aryl methyl sites for hydroxylation is 1. The Morgan fingerprint density at radius 3 is 1.67 bits per heavy atom. The van der Waals surface area contributed by atoms with Gasteiger partial charge in [0.05, 0.1) is 41.7 Å². The fourth-order valence-electron chi connectivity index (χ4n) is 6.41. The molecule has 0 bridgehead atoms. The molecule has 0 aliphatic carbocycles. The molecule has 4 aliphatic rings. The van der Waals surface area contributed by atoms with E-state index in [1.54, 1.807) is 6.92 Å². The number of carbonyl (C=O) groups excluding carboxylic acids is 2. The van der Waals surface area contributed by atoms with Crippen LogP contribution in [0.2, 0.25) is 0 Å². The first-order valence-electron chi connectivity index (χ1n) is 14.1. The third-order valence-electron chi connectivity index (χ3n) is 8.53. The minimum atomic E-state index is -4.90. The van der Waals surface area contributed by atoms with Crippen LogP contribution in [0, 0.1) is 6.92 Å². The van der Waals surface area contributed by atoms with Crippen LogP contribution in [0.3, 0.4) is 0 Å². The minimum absolute atomic E-state index is 0. The Balaban J connectivity index is 0.00000260. The number of nitrogens with one attached hydrogen (secondary N) is 2. The van der Waals surface area contributed by atoms with E-state index in [9.17, 15) is 35.5 Å². The van der Waals surface area contributed by atoms with E-state index in [-0.39, 0.29) is 125 Å². The average molecular weight is 721 g/mol. The van der Waals surface area contributed by atoms with Gasteiger partial charge in [-0.3, -0.25) is 9.59 Å². The summed E-state index contributed by atoms with van der Waals surface area (Å²) in [7, 11) is -8.44. The van der Waals surface area contributed by atoms with Crippen molar-refractivity contribution < 1.29 is 109 Å². The summed E-state index contributed by atoms with van der Waals surface area (Å²) in [6.07, 6.45) is 0.302. The van der Waals surface area contributed by atoms with Gasteiger partial charge in [0.2, 0.25) is 6.79 Å². The zero-order valence-corrected chi connectivity index (χ0v) is 32.4. The van der Waals surface area contributed by atoms with Crippen LogP contribution in [0.4, 0.5) is 11.4 Å². The number of hydrogen-bond donors (Lipinski definition) is 2. The molecular formula is C29H30N4Na2O11S2. The molecule has 19 heteroatoms. The zero-order chi connectivity index (χ0) is 33.3. The fraction of sp³-hybridized carbons (Fsp3) is 0.379. The predicted molar refractivity (Wildman–Crippen MR) is 162 cm³/mol. The predicted octanol–water partition coefficient (Wildman–Crippen LogP) is -4.44.